The summed E-state index contributed by atoms with van der Waals surface area (Å²) in [6.07, 6.45) is 0.614. The van der Waals surface area contributed by atoms with Crippen LogP contribution in [0.4, 0.5) is 14.5 Å². The second-order valence-corrected chi connectivity index (χ2v) is 3.98. The monoisotopic (exact) mass is 240 g/mol. The Morgan fingerprint density at radius 2 is 2.24 bits per heavy atom. The zero-order valence-corrected chi connectivity index (χ0v) is 9.54. The van der Waals surface area contributed by atoms with Crippen LogP contribution >= 0.6 is 0 Å². The van der Waals surface area contributed by atoms with Gasteiger partial charge in [0.05, 0.1) is 11.7 Å². The van der Waals surface area contributed by atoms with Crippen LogP contribution in [0.5, 0.6) is 0 Å². The summed E-state index contributed by atoms with van der Waals surface area (Å²) in [6, 6.07) is 2.85. The first-order valence-electron chi connectivity index (χ1n) is 5.63. The standard InChI is InChI=1S/C12H14F2N2O/c1-2-15-10-5-6-16(12(10)17)11-7-8(13)3-4-9(11)14/h3-4,7,10,15H,2,5-6H2,1H3. The highest BCUT2D eigenvalue weighted by molar-refractivity contribution is 5.99. The Kier molecular flexibility index (Phi) is 3.38. The predicted molar refractivity (Wildman–Crippen MR) is 60.8 cm³/mol. The molecule has 1 fully saturated rings. The smallest absolute Gasteiger partial charge is 0.244 e. The Morgan fingerprint density at radius 3 is 2.94 bits per heavy atom. The van der Waals surface area contributed by atoms with Crippen molar-refractivity contribution in [1.29, 1.82) is 0 Å². The fourth-order valence-corrected chi connectivity index (χ4v) is 2.05. The van der Waals surface area contributed by atoms with E-state index in [9.17, 15) is 13.6 Å². The molecule has 1 aliphatic heterocycles. The summed E-state index contributed by atoms with van der Waals surface area (Å²) >= 11 is 0. The molecule has 1 aromatic carbocycles. The SMILES string of the molecule is CCNC1CCN(c2cc(F)ccc2F)C1=O. The number of nitrogens with zero attached hydrogens (tertiary/aromatic N) is 1. The first kappa shape index (κ1) is 12.0. The molecule has 0 spiro atoms. The van der Waals surface area contributed by atoms with E-state index in [1.807, 2.05) is 6.92 Å². The molecule has 5 heteroatoms. The highest BCUT2D eigenvalue weighted by atomic mass is 19.1. The number of benzene rings is 1. The van der Waals surface area contributed by atoms with Crippen molar-refractivity contribution < 1.29 is 13.6 Å². The summed E-state index contributed by atoms with van der Waals surface area (Å²) in [7, 11) is 0. The van der Waals surface area contributed by atoms with Crippen molar-refractivity contribution in [2.75, 3.05) is 18.0 Å². The molecule has 3 nitrogen and oxygen atoms in total. The Morgan fingerprint density at radius 1 is 1.47 bits per heavy atom. The van der Waals surface area contributed by atoms with Gasteiger partial charge in [-0.1, -0.05) is 6.92 Å². The minimum atomic E-state index is -0.572. The molecule has 2 rings (SSSR count). The van der Waals surface area contributed by atoms with Gasteiger partial charge in [-0.3, -0.25) is 4.79 Å². The van der Waals surface area contributed by atoms with Gasteiger partial charge in [-0.15, -0.1) is 0 Å². The van der Waals surface area contributed by atoms with Crippen molar-refractivity contribution in [2.24, 2.45) is 0 Å². The third-order valence-electron chi connectivity index (χ3n) is 2.86. The number of hydrogen-bond donors (Lipinski definition) is 1. The van der Waals surface area contributed by atoms with Gasteiger partial charge in [0.2, 0.25) is 5.91 Å². The molecule has 92 valence electrons. The fourth-order valence-electron chi connectivity index (χ4n) is 2.05. The van der Waals surface area contributed by atoms with Gasteiger partial charge in [-0.05, 0) is 25.1 Å². The van der Waals surface area contributed by atoms with Gasteiger partial charge < -0.3 is 10.2 Å². The van der Waals surface area contributed by atoms with Gasteiger partial charge in [0.25, 0.3) is 0 Å². The third-order valence-corrected chi connectivity index (χ3v) is 2.86. The van der Waals surface area contributed by atoms with Gasteiger partial charge >= 0.3 is 0 Å². The number of halogens is 2. The summed E-state index contributed by atoms with van der Waals surface area (Å²) in [5.74, 6) is -1.31. The second-order valence-electron chi connectivity index (χ2n) is 3.98. The number of rotatable bonds is 3. The number of amides is 1. The largest absolute Gasteiger partial charge is 0.308 e. The zero-order chi connectivity index (χ0) is 12.4. The Balaban J connectivity index is 2.24. The fraction of sp³-hybridized carbons (Fsp3) is 0.417. The van der Waals surface area contributed by atoms with Crippen LogP contribution in [0.1, 0.15) is 13.3 Å². The topological polar surface area (TPSA) is 32.3 Å². The molecule has 0 aromatic heterocycles. The molecule has 0 radical (unpaired) electrons. The van der Waals surface area contributed by atoms with Gasteiger partial charge in [0.15, 0.2) is 0 Å². The van der Waals surface area contributed by atoms with Crippen LogP contribution in [0.3, 0.4) is 0 Å². The van der Waals surface area contributed by atoms with Crippen molar-refractivity contribution >= 4 is 11.6 Å². The lowest BCUT2D eigenvalue weighted by Crippen LogP contribution is -2.38. The van der Waals surface area contributed by atoms with Crippen LogP contribution in [0.25, 0.3) is 0 Å². The van der Waals surface area contributed by atoms with Gasteiger partial charge in [-0.25, -0.2) is 8.78 Å². The normalized spacial score (nSPS) is 20.1. The van der Waals surface area contributed by atoms with Crippen LogP contribution < -0.4 is 10.2 Å². The number of hydrogen-bond acceptors (Lipinski definition) is 2. The summed E-state index contributed by atoms with van der Waals surface area (Å²) in [5.41, 5.74) is 0.0235. The van der Waals surface area contributed by atoms with Crippen molar-refractivity contribution in [2.45, 2.75) is 19.4 Å². The first-order valence-corrected chi connectivity index (χ1v) is 5.63. The van der Waals surface area contributed by atoms with Crippen molar-refractivity contribution in [3.8, 4) is 0 Å². The first-order chi connectivity index (χ1) is 8.13. The molecule has 0 bridgehead atoms. The van der Waals surface area contributed by atoms with Crippen LogP contribution in [-0.2, 0) is 4.79 Å². The van der Waals surface area contributed by atoms with Crippen molar-refractivity contribution in [3.05, 3.63) is 29.8 Å². The Bertz CT molecular complexity index is 437. The quantitative estimate of drug-likeness (QED) is 0.871. The maximum absolute atomic E-state index is 13.5. The Labute approximate surface area is 98.4 Å². The molecular weight excluding hydrogens is 226 g/mol. The molecule has 0 saturated carbocycles. The van der Waals surface area contributed by atoms with Crippen molar-refractivity contribution in [3.63, 3.8) is 0 Å². The van der Waals surface area contributed by atoms with Crippen LogP contribution in [0, 0.1) is 11.6 Å². The summed E-state index contributed by atoms with van der Waals surface area (Å²) in [5, 5.41) is 3.02. The molecular formula is C12H14F2N2O. The molecule has 1 saturated heterocycles. The molecule has 0 aliphatic carbocycles. The highest BCUT2D eigenvalue weighted by Gasteiger charge is 2.33. The van der Waals surface area contributed by atoms with Crippen LogP contribution in [-0.4, -0.2) is 25.0 Å². The van der Waals surface area contributed by atoms with E-state index in [-0.39, 0.29) is 17.6 Å². The summed E-state index contributed by atoms with van der Waals surface area (Å²) in [6.45, 7) is 2.99. The number of likely N-dealkylation sites (N-methyl/N-ethyl adjacent to an activating group) is 1. The van der Waals surface area contributed by atoms with E-state index >= 15 is 0 Å². The molecule has 1 aromatic rings. The maximum Gasteiger partial charge on any atom is 0.244 e. The summed E-state index contributed by atoms with van der Waals surface area (Å²) in [4.78, 5) is 13.2. The van der Waals surface area contributed by atoms with Crippen LogP contribution in [0.15, 0.2) is 18.2 Å². The van der Waals surface area contributed by atoms with E-state index in [2.05, 4.69) is 5.32 Å². The molecule has 1 atom stereocenters. The van der Waals surface area contributed by atoms with Crippen molar-refractivity contribution in [1.82, 2.24) is 5.32 Å². The lowest BCUT2D eigenvalue weighted by Gasteiger charge is -2.17. The van der Waals surface area contributed by atoms with Gasteiger partial charge in [-0.2, -0.15) is 0 Å². The Hall–Kier alpha value is -1.49. The minimum absolute atomic E-state index is 0.0235. The predicted octanol–water partition coefficient (Wildman–Crippen LogP) is 1.68. The second kappa shape index (κ2) is 4.79. The maximum atomic E-state index is 13.5. The third kappa shape index (κ3) is 2.29. The molecule has 1 heterocycles. The van der Waals surface area contributed by atoms with E-state index in [0.717, 1.165) is 18.2 Å². The number of carbonyl (C=O) groups excluding carboxylic acids is 1. The van der Waals surface area contributed by atoms with Crippen LogP contribution in [0.2, 0.25) is 0 Å². The van der Waals surface area contributed by atoms with E-state index in [1.165, 1.54) is 4.90 Å². The van der Waals surface area contributed by atoms with Gasteiger partial charge in [0.1, 0.15) is 11.6 Å². The summed E-state index contributed by atoms with van der Waals surface area (Å²) < 4.78 is 26.6. The lowest BCUT2D eigenvalue weighted by atomic mass is 10.2. The number of carbonyl (C=O) groups is 1. The lowest BCUT2D eigenvalue weighted by molar-refractivity contribution is -0.118. The molecule has 1 unspecified atom stereocenters. The zero-order valence-electron chi connectivity index (χ0n) is 9.54. The van der Waals surface area contributed by atoms with E-state index in [0.29, 0.717) is 19.5 Å². The molecule has 17 heavy (non-hydrogen) atoms. The highest BCUT2D eigenvalue weighted by Crippen LogP contribution is 2.25. The van der Waals surface area contributed by atoms with E-state index in [1.54, 1.807) is 0 Å². The molecule has 1 aliphatic rings. The average molecular weight is 240 g/mol. The number of anilines is 1. The van der Waals surface area contributed by atoms with E-state index in [4.69, 9.17) is 0 Å². The van der Waals surface area contributed by atoms with Gasteiger partial charge in [0, 0.05) is 12.6 Å². The molecule has 1 N–H and O–H groups in total. The van der Waals surface area contributed by atoms with E-state index < -0.39 is 11.6 Å². The molecule has 1 amide bonds. The minimum Gasteiger partial charge on any atom is -0.308 e. The number of nitrogens with one attached hydrogen (secondary N) is 1. The average Bonchev–Trinajstić information content (AvgIpc) is 2.65.